The lowest BCUT2D eigenvalue weighted by atomic mass is 10.1. The van der Waals surface area contributed by atoms with Crippen LogP contribution in [-0.2, 0) is 0 Å². The van der Waals surface area contributed by atoms with Crippen LogP contribution in [0.15, 0.2) is 0 Å². The fraction of sp³-hybridized carbons (Fsp3) is 1.00. The predicted molar refractivity (Wildman–Crippen MR) is 61.7 cm³/mol. The fourth-order valence-electron chi connectivity index (χ4n) is 1.81. The molecule has 3 nitrogen and oxygen atoms in total. The van der Waals surface area contributed by atoms with Crippen molar-refractivity contribution in [1.29, 1.82) is 0 Å². The van der Waals surface area contributed by atoms with E-state index in [0.29, 0.717) is 6.04 Å². The highest BCUT2D eigenvalue weighted by Crippen LogP contribution is 2.02. The average molecular weight is 199 g/mol. The Morgan fingerprint density at radius 3 is 2.71 bits per heavy atom. The van der Waals surface area contributed by atoms with Crippen LogP contribution in [0.5, 0.6) is 0 Å². The summed E-state index contributed by atoms with van der Waals surface area (Å²) in [7, 11) is 2.20. The van der Waals surface area contributed by atoms with Gasteiger partial charge in [-0.05, 0) is 40.8 Å². The molecule has 0 aliphatic carbocycles. The van der Waals surface area contributed by atoms with E-state index >= 15 is 0 Å². The molecule has 1 aliphatic heterocycles. The Morgan fingerprint density at radius 2 is 2.14 bits per heavy atom. The molecule has 3 heteroatoms. The molecule has 1 saturated heterocycles. The number of hydrogen-bond donors (Lipinski definition) is 2. The van der Waals surface area contributed by atoms with E-state index in [1.54, 1.807) is 0 Å². The Kier molecular flexibility index (Phi) is 4.35. The van der Waals surface area contributed by atoms with Crippen molar-refractivity contribution in [3.05, 3.63) is 0 Å². The first-order valence-electron chi connectivity index (χ1n) is 5.64. The second-order valence-corrected chi connectivity index (χ2v) is 5.38. The van der Waals surface area contributed by atoms with Crippen molar-refractivity contribution in [1.82, 2.24) is 15.5 Å². The van der Waals surface area contributed by atoms with E-state index in [1.807, 2.05) is 0 Å². The molecule has 1 heterocycles. The number of rotatable bonds is 3. The van der Waals surface area contributed by atoms with Gasteiger partial charge in [0, 0.05) is 31.2 Å². The van der Waals surface area contributed by atoms with Crippen molar-refractivity contribution in [2.45, 2.75) is 38.8 Å². The average Bonchev–Trinajstić information content (AvgIpc) is 2.01. The van der Waals surface area contributed by atoms with Crippen LogP contribution in [0.1, 0.15) is 27.2 Å². The summed E-state index contributed by atoms with van der Waals surface area (Å²) in [5.41, 5.74) is 0.251. The molecule has 0 saturated carbocycles. The first-order valence-corrected chi connectivity index (χ1v) is 5.64. The summed E-state index contributed by atoms with van der Waals surface area (Å²) in [6, 6.07) is 0.670. The van der Waals surface area contributed by atoms with Gasteiger partial charge in [-0.2, -0.15) is 0 Å². The van der Waals surface area contributed by atoms with Crippen molar-refractivity contribution in [3.8, 4) is 0 Å². The highest BCUT2D eigenvalue weighted by molar-refractivity contribution is 4.79. The minimum Gasteiger partial charge on any atom is -0.312 e. The Bertz CT molecular complexity index is 162. The molecule has 0 bridgehead atoms. The lowest BCUT2D eigenvalue weighted by Crippen LogP contribution is -2.50. The zero-order valence-corrected chi connectivity index (χ0v) is 10.1. The van der Waals surface area contributed by atoms with E-state index in [4.69, 9.17) is 0 Å². The van der Waals surface area contributed by atoms with Gasteiger partial charge in [0.25, 0.3) is 0 Å². The first-order chi connectivity index (χ1) is 6.47. The fourth-order valence-corrected chi connectivity index (χ4v) is 1.81. The van der Waals surface area contributed by atoms with Crippen LogP contribution in [0.3, 0.4) is 0 Å². The van der Waals surface area contributed by atoms with Crippen LogP contribution in [0, 0.1) is 0 Å². The molecule has 84 valence electrons. The maximum atomic E-state index is 3.55. The van der Waals surface area contributed by atoms with Gasteiger partial charge < -0.3 is 15.5 Å². The second-order valence-electron chi connectivity index (χ2n) is 5.38. The van der Waals surface area contributed by atoms with Gasteiger partial charge in [0.2, 0.25) is 0 Å². The maximum absolute atomic E-state index is 3.55. The predicted octanol–water partition coefficient (Wildman–Crippen LogP) is 0.668. The molecule has 1 unspecified atom stereocenters. The standard InChI is InChI=1S/C11H25N3/c1-11(2,3)13-6-5-10-9-14(4)8-7-12-10/h10,12-13H,5-9H2,1-4H3. The molecule has 0 radical (unpaired) electrons. The zero-order valence-electron chi connectivity index (χ0n) is 10.1. The number of likely N-dealkylation sites (N-methyl/N-ethyl adjacent to an activating group) is 1. The Hall–Kier alpha value is -0.120. The van der Waals surface area contributed by atoms with Gasteiger partial charge in [0.05, 0.1) is 0 Å². The molecule has 0 amide bonds. The summed E-state index contributed by atoms with van der Waals surface area (Å²) in [5, 5.41) is 7.08. The summed E-state index contributed by atoms with van der Waals surface area (Å²) in [6.07, 6.45) is 1.22. The van der Waals surface area contributed by atoms with Crippen molar-refractivity contribution in [2.75, 3.05) is 33.2 Å². The first kappa shape index (κ1) is 12.0. The van der Waals surface area contributed by atoms with Crippen LogP contribution >= 0.6 is 0 Å². The molecule has 1 atom stereocenters. The molecular formula is C11H25N3. The highest BCUT2D eigenvalue weighted by Gasteiger charge is 2.16. The van der Waals surface area contributed by atoms with Crippen LogP contribution in [0.4, 0.5) is 0 Å². The SMILES string of the molecule is CN1CCNC(CCNC(C)(C)C)C1. The molecule has 0 aromatic heterocycles. The van der Waals surface area contributed by atoms with Crippen molar-refractivity contribution < 1.29 is 0 Å². The van der Waals surface area contributed by atoms with Gasteiger partial charge in [-0.1, -0.05) is 0 Å². The van der Waals surface area contributed by atoms with E-state index in [9.17, 15) is 0 Å². The minimum absolute atomic E-state index is 0.251. The van der Waals surface area contributed by atoms with E-state index in [2.05, 4.69) is 43.4 Å². The van der Waals surface area contributed by atoms with Gasteiger partial charge in [0.1, 0.15) is 0 Å². The molecule has 0 spiro atoms. The topological polar surface area (TPSA) is 27.3 Å². The number of hydrogen-bond acceptors (Lipinski definition) is 3. The summed E-state index contributed by atoms with van der Waals surface area (Å²) < 4.78 is 0. The second kappa shape index (κ2) is 5.10. The van der Waals surface area contributed by atoms with Crippen LogP contribution < -0.4 is 10.6 Å². The maximum Gasteiger partial charge on any atom is 0.0207 e. The van der Waals surface area contributed by atoms with Gasteiger partial charge in [-0.25, -0.2) is 0 Å². The third-order valence-electron chi connectivity index (χ3n) is 2.61. The van der Waals surface area contributed by atoms with Gasteiger partial charge in [0.15, 0.2) is 0 Å². The molecule has 14 heavy (non-hydrogen) atoms. The zero-order chi connectivity index (χ0) is 10.6. The summed E-state index contributed by atoms with van der Waals surface area (Å²) >= 11 is 0. The largest absolute Gasteiger partial charge is 0.312 e. The van der Waals surface area contributed by atoms with E-state index in [1.165, 1.54) is 19.5 Å². The molecule has 0 aromatic carbocycles. The lowest BCUT2D eigenvalue weighted by Gasteiger charge is -2.31. The number of nitrogens with zero attached hydrogens (tertiary/aromatic N) is 1. The molecular weight excluding hydrogens is 174 g/mol. The van der Waals surface area contributed by atoms with E-state index in [0.717, 1.165) is 13.1 Å². The molecule has 1 fully saturated rings. The lowest BCUT2D eigenvalue weighted by molar-refractivity contribution is 0.228. The molecule has 1 aliphatic rings. The normalized spacial score (nSPS) is 25.3. The van der Waals surface area contributed by atoms with Gasteiger partial charge in [-0.3, -0.25) is 0 Å². The number of nitrogens with one attached hydrogen (secondary N) is 2. The van der Waals surface area contributed by atoms with Crippen LogP contribution in [-0.4, -0.2) is 49.7 Å². The van der Waals surface area contributed by atoms with Crippen molar-refractivity contribution in [3.63, 3.8) is 0 Å². The smallest absolute Gasteiger partial charge is 0.0207 e. The molecule has 2 N–H and O–H groups in total. The summed E-state index contributed by atoms with van der Waals surface area (Å²) in [6.45, 7) is 11.3. The van der Waals surface area contributed by atoms with E-state index in [-0.39, 0.29) is 5.54 Å². The van der Waals surface area contributed by atoms with Crippen molar-refractivity contribution in [2.24, 2.45) is 0 Å². The van der Waals surface area contributed by atoms with Crippen molar-refractivity contribution >= 4 is 0 Å². The number of piperazine rings is 1. The van der Waals surface area contributed by atoms with Crippen LogP contribution in [0.25, 0.3) is 0 Å². The summed E-state index contributed by atoms with van der Waals surface area (Å²) in [4.78, 5) is 2.40. The Morgan fingerprint density at radius 1 is 1.43 bits per heavy atom. The minimum atomic E-state index is 0.251. The van der Waals surface area contributed by atoms with Gasteiger partial charge >= 0.3 is 0 Å². The Labute approximate surface area is 88.2 Å². The third-order valence-corrected chi connectivity index (χ3v) is 2.61. The van der Waals surface area contributed by atoms with E-state index < -0.39 is 0 Å². The monoisotopic (exact) mass is 199 g/mol. The van der Waals surface area contributed by atoms with Crippen LogP contribution in [0.2, 0.25) is 0 Å². The molecule has 0 aromatic rings. The quantitative estimate of drug-likeness (QED) is 0.699. The highest BCUT2D eigenvalue weighted by atomic mass is 15.2. The Balaban J connectivity index is 2.12. The third kappa shape index (κ3) is 4.94. The molecule has 1 rings (SSSR count). The summed E-state index contributed by atoms with van der Waals surface area (Å²) in [5.74, 6) is 0. The van der Waals surface area contributed by atoms with Gasteiger partial charge in [-0.15, -0.1) is 0 Å².